The van der Waals surface area contributed by atoms with Gasteiger partial charge >= 0.3 is 5.97 Å². The van der Waals surface area contributed by atoms with Crippen molar-refractivity contribution in [2.45, 2.75) is 12.5 Å². The van der Waals surface area contributed by atoms with Gasteiger partial charge in [-0.1, -0.05) is 15.9 Å². The topological polar surface area (TPSA) is 106 Å². The molecular weight excluding hydrogens is 280 g/mol. The number of carboxylic acids is 1. The Morgan fingerprint density at radius 3 is 2.75 bits per heavy atom. The summed E-state index contributed by atoms with van der Waals surface area (Å²) in [5.41, 5.74) is 5.62. The van der Waals surface area contributed by atoms with Crippen molar-refractivity contribution in [3.8, 4) is 0 Å². The van der Waals surface area contributed by atoms with Crippen LogP contribution in [0.3, 0.4) is 0 Å². The van der Waals surface area contributed by atoms with Crippen molar-refractivity contribution in [1.82, 2.24) is 0 Å². The minimum Gasteiger partial charge on any atom is -0.481 e. The van der Waals surface area contributed by atoms with E-state index in [1.807, 2.05) is 0 Å². The summed E-state index contributed by atoms with van der Waals surface area (Å²) in [4.78, 5) is 20.6. The van der Waals surface area contributed by atoms with E-state index in [1.54, 1.807) is 6.07 Å². The van der Waals surface area contributed by atoms with Gasteiger partial charge < -0.3 is 10.8 Å². The van der Waals surface area contributed by atoms with Gasteiger partial charge in [0.2, 0.25) is 0 Å². The molecule has 7 heteroatoms. The highest BCUT2D eigenvalue weighted by Gasteiger charge is 2.21. The molecule has 1 aromatic rings. The van der Waals surface area contributed by atoms with E-state index in [1.165, 1.54) is 12.1 Å². The summed E-state index contributed by atoms with van der Waals surface area (Å²) in [6.45, 7) is 0. The number of hydrogen-bond acceptors (Lipinski definition) is 4. The Bertz CT molecular complexity index is 436. The number of carboxylic acid groups (broad SMARTS) is 1. The Morgan fingerprint density at radius 2 is 2.25 bits per heavy atom. The quantitative estimate of drug-likeness (QED) is 0.649. The number of carbonyl (C=O) groups is 1. The average molecular weight is 289 g/mol. The highest BCUT2D eigenvalue weighted by Crippen LogP contribution is 2.28. The van der Waals surface area contributed by atoms with Crippen LogP contribution >= 0.6 is 15.9 Å². The number of aliphatic carboxylic acids is 1. The first-order valence-corrected chi connectivity index (χ1v) is 5.12. The highest BCUT2D eigenvalue weighted by atomic mass is 79.9. The van der Waals surface area contributed by atoms with Crippen LogP contribution in [0.25, 0.3) is 0 Å². The second-order valence-corrected chi connectivity index (χ2v) is 4.08. The molecule has 3 N–H and O–H groups in total. The zero-order chi connectivity index (χ0) is 12.3. The van der Waals surface area contributed by atoms with Crippen LogP contribution in [-0.2, 0) is 4.79 Å². The molecule has 0 aliphatic rings. The zero-order valence-corrected chi connectivity index (χ0v) is 9.68. The van der Waals surface area contributed by atoms with Crippen LogP contribution in [-0.4, -0.2) is 16.0 Å². The van der Waals surface area contributed by atoms with Crippen LogP contribution in [0.4, 0.5) is 5.69 Å². The number of rotatable bonds is 4. The summed E-state index contributed by atoms with van der Waals surface area (Å²) in [7, 11) is 0. The van der Waals surface area contributed by atoms with E-state index in [9.17, 15) is 14.9 Å². The predicted octanol–water partition coefficient (Wildman–Crippen LogP) is 1.83. The molecule has 0 radical (unpaired) electrons. The minimum absolute atomic E-state index is 0.178. The SMILES string of the molecule is NC(CC(=O)O)c1ccc(Br)cc1[N+](=O)[O-]. The number of nitrogens with zero attached hydrogens (tertiary/aromatic N) is 1. The number of nitro benzene ring substituents is 1. The Kier molecular flexibility index (Phi) is 3.97. The van der Waals surface area contributed by atoms with E-state index in [2.05, 4.69) is 15.9 Å². The number of halogens is 1. The van der Waals surface area contributed by atoms with Gasteiger partial charge in [-0.3, -0.25) is 14.9 Å². The first-order valence-electron chi connectivity index (χ1n) is 4.33. The van der Waals surface area contributed by atoms with Gasteiger partial charge in [0.25, 0.3) is 5.69 Å². The maximum absolute atomic E-state index is 10.7. The van der Waals surface area contributed by atoms with E-state index in [0.717, 1.165) is 0 Å². The van der Waals surface area contributed by atoms with Crippen molar-refractivity contribution in [2.24, 2.45) is 5.73 Å². The van der Waals surface area contributed by atoms with E-state index < -0.39 is 16.9 Å². The number of nitrogens with two attached hydrogens (primary N) is 1. The minimum atomic E-state index is -1.09. The van der Waals surface area contributed by atoms with Crippen molar-refractivity contribution in [1.29, 1.82) is 0 Å². The fourth-order valence-electron chi connectivity index (χ4n) is 1.29. The molecule has 0 fully saturated rings. The third-order valence-electron chi connectivity index (χ3n) is 1.98. The molecular formula is C9H9BrN2O4. The standard InChI is InChI=1S/C9H9BrN2O4/c10-5-1-2-6(7(11)4-9(13)14)8(3-5)12(15)16/h1-3,7H,4,11H2,(H,13,14). The summed E-state index contributed by atoms with van der Waals surface area (Å²) in [5.74, 6) is -1.09. The summed E-state index contributed by atoms with van der Waals surface area (Å²) in [5, 5.41) is 19.3. The summed E-state index contributed by atoms with van der Waals surface area (Å²) >= 11 is 3.10. The molecule has 1 aromatic carbocycles. The molecule has 6 nitrogen and oxygen atoms in total. The fraction of sp³-hybridized carbons (Fsp3) is 0.222. The van der Waals surface area contributed by atoms with E-state index in [-0.39, 0.29) is 17.7 Å². The van der Waals surface area contributed by atoms with E-state index in [4.69, 9.17) is 10.8 Å². The van der Waals surface area contributed by atoms with Crippen molar-refractivity contribution >= 4 is 27.6 Å². The molecule has 0 spiro atoms. The molecule has 0 bridgehead atoms. The highest BCUT2D eigenvalue weighted by molar-refractivity contribution is 9.10. The third kappa shape index (κ3) is 3.01. The average Bonchev–Trinajstić information content (AvgIpc) is 2.16. The molecule has 1 unspecified atom stereocenters. The second-order valence-electron chi connectivity index (χ2n) is 3.16. The third-order valence-corrected chi connectivity index (χ3v) is 2.48. The van der Waals surface area contributed by atoms with Gasteiger partial charge in [0.15, 0.2) is 0 Å². The monoisotopic (exact) mass is 288 g/mol. The molecule has 0 saturated carbocycles. The molecule has 86 valence electrons. The Morgan fingerprint density at radius 1 is 1.62 bits per heavy atom. The molecule has 0 amide bonds. The van der Waals surface area contributed by atoms with Crippen molar-refractivity contribution < 1.29 is 14.8 Å². The molecule has 0 aromatic heterocycles. The molecule has 1 atom stereocenters. The van der Waals surface area contributed by atoms with Gasteiger partial charge in [-0.2, -0.15) is 0 Å². The van der Waals surface area contributed by atoms with E-state index in [0.29, 0.717) is 4.47 Å². The van der Waals surface area contributed by atoms with Crippen LogP contribution < -0.4 is 5.73 Å². The molecule has 1 rings (SSSR count). The Balaban J connectivity index is 3.12. The summed E-state index contributed by atoms with van der Waals surface area (Å²) < 4.78 is 0.547. The first kappa shape index (κ1) is 12.6. The second kappa shape index (κ2) is 5.04. The Labute approximate surface area is 99.3 Å². The van der Waals surface area contributed by atoms with Crippen molar-refractivity contribution in [3.05, 3.63) is 38.3 Å². The first-order chi connectivity index (χ1) is 7.41. The molecule has 0 aliphatic carbocycles. The van der Waals surface area contributed by atoms with Crippen LogP contribution in [0.2, 0.25) is 0 Å². The van der Waals surface area contributed by atoms with Crippen LogP contribution in [0.1, 0.15) is 18.0 Å². The number of hydrogen-bond donors (Lipinski definition) is 2. The van der Waals surface area contributed by atoms with Gasteiger partial charge in [-0.25, -0.2) is 0 Å². The Hall–Kier alpha value is -1.47. The van der Waals surface area contributed by atoms with Crippen LogP contribution in [0, 0.1) is 10.1 Å². The lowest BCUT2D eigenvalue weighted by molar-refractivity contribution is -0.385. The largest absolute Gasteiger partial charge is 0.481 e. The lowest BCUT2D eigenvalue weighted by Gasteiger charge is -2.09. The van der Waals surface area contributed by atoms with Gasteiger partial charge in [0.1, 0.15) is 0 Å². The maximum atomic E-state index is 10.7. The normalized spacial score (nSPS) is 12.1. The zero-order valence-electron chi connectivity index (χ0n) is 8.09. The lowest BCUT2D eigenvalue weighted by Crippen LogP contribution is -2.16. The van der Waals surface area contributed by atoms with Crippen LogP contribution in [0.5, 0.6) is 0 Å². The van der Waals surface area contributed by atoms with E-state index >= 15 is 0 Å². The maximum Gasteiger partial charge on any atom is 0.305 e. The van der Waals surface area contributed by atoms with Crippen LogP contribution in [0.15, 0.2) is 22.7 Å². The number of benzene rings is 1. The van der Waals surface area contributed by atoms with Crippen molar-refractivity contribution in [3.63, 3.8) is 0 Å². The van der Waals surface area contributed by atoms with Crippen molar-refractivity contribution in [2.75, 3.05) is 0 Å². The molecule has 0 saturated heterocycles. The smallest absolute Gasteiger partial charge is 0.305 e. The van der Waals surface area contributed by atoms with Gasteiger partial charge in [0, 0.05) is 22.1 Å². The van der Waals surface area contributed by atoms with Gasteiger partial charge in [-0.05, 0) is 12.1 Å². The molecule has 0 heterocycles. The lowest BCUT2D eigenvalue weighted by atomic mass is 10.0. The molecule has 0 aliphatic heterocycles. The predicted molar refractivity (Wildman–Crippen MR) is 60.0 cm³/mol. The summed E-state index contributed by atoms with van der Waals surface area (Å²) in [6.07, 6.45) is -0.345. The van der Waals surface area contributed by atoms with Gasteiger partial charge in [-0.15, -0.1) is 0 Å². The molecule has 16 heavy (non-hydrogen) atoms. The number of nitro groups is 1. The fourth-order valence-corrected chi connectivity index (χ4v) is 1.64. The summed E-state index contributed by atoms with van der Waals surface area (Å²) in [6, 6.07) is 3.46. The van der Waals surface area contributed by atoms with Gasteiger partial charge in [0.05, 0.1) is 11.3 Å².